The van der Waals surface area contributed by atoms with Gasteiger partial charge in [-0.15, -0.1) is 0 Å². The van der Waals surface area contributed by atoms with E-state index in [1.807, 2.05) is 43.3 Å². The first-order chi connectivity index (χ1) is 12.6. The minimum absolute atomic E-state index is 0.183. The number of benzene rings is 1. The van der Waals surface area contributed by atoms with Crippen LogP contribution in [0.25, 0.3) is 6.08 Å². The predicted molar refractivity (Wildman–Crippen MR) is 100 cm³/mol. The monoisotopic (exact) mass is 356 g/mol. The van der Waals surface area contributed by atoms with Crippen LogP contribution in [0.3, 0.4) is 0 Å². The maximum atomic E-state index is 12.1. The molecule has 0 radical (unpaired) electrons. The van der Waals surface area contributed by atoms with Crippen LogP contribution in [0.2, 0.25) is 0 Å². The standard InChI is InChI=1S/C20H24N2O4/c1-15(22-20(23)10-8-17-6-4-5-11-21-17)16-7-9-18(19(14-16)25-3)26-13-12-24-2/h4-11,14-15H,12-13H2,1-3H3,(H,22,23)/b10-8+. The Balaban J connectivity index is 1.98. The Morgan fingerprint density at radius 3 is 2.73 bits per heavy atom. The molecule has 0 bridgehead atoms. The van der Waals surface area contributed by atoms with Crippen molar-refractivity contribution in [2.75, 3.05) is 27.4 Å². The van der Waals surface area contributed by atoms with Gasteiger partial charge in [-0.25, -0.2) is 0 Å². The summed E-state index contributed by atoms with van der Waals surface area (Å²) in [7, 11) is 3.21. The fraction of sp³-hybridized carbons (Fsp3) is 0.300. The minimum Gasteiger partial charge on any atom is -0.493 e. The summed E-state index contributed by atoms with van der Waals surface area (Å²) in [5.74, 6) is 1.06. The van der Waals surface area contributed by atoms with Crippen LogP contribution in [-0.4, -0.2) is 38.3 Å². The summed E-state index contributed by atoms with van der Waals surface area (Å²) in [4.78, 5) is 16.2. The fourth-order valence-electron chi connectivity index (χ4n) is 2.29. The lowest BCUT2D eigenvalue weighted by molar-refractivity contribution is -0.117. The quantitative estimate of drug-likeness (QED) is 0.552. The Bertz CT molecular complexity index is 732. The molecule has 1 aromatic carbocycles. The Labute approximate surface area is 153 Å². The van der Waals surface area contributed by atoms with Crippen molar-refractivity contribution >= 4 is 12.0 Å². The van der Waals surface area contributed by atoms with Crippen molar-refractivity contribution in [2.45, 2.75) is 13.0 Å². The highest BCUT2D eigenvalue weighted by Crippen LogP contribution is 2.30. The van der Waals surface area contributed by atoms with E-state index in [1.165, 1.54) is 6.08 Å². The molecule has 1 amide bonds. The van der Waals surface area contributed by atoms with Crippen LogP contribution in [0.1, 0.15) is 24.2 Å². The molecule has 1 atom stereocenters. The Morgan fingerprint density at radius 2 is 2.04 bits per heavy atom. The topological polar surface area (TPSA) is 69.7 Å². The minimum atomic E-state index is -0.192. The zero-order valence-electron chi connectivity index (χ0n) is 15.3. The van der Waals surface area contributed by atoms with Crippen molar-refractivity contribution in [3.8, 4) is 11.5 Å². The van der Waals surface area contributed by atoms with Crippen molar-refractivity contribution in [1.29, 1.82) is 0 Å². The van der Waals surface area contributed by atoms with E-state index >= 15 is 0 Å². The van der Waals surface area contributed by atoms with E-state index in [-0.39, 0.29) is 11.9 Å². The third-order valence-electron chi connectivity index (χ3n) is 3.68. The molecule has 1 heterocycles. The number of nitrogens with zero attached hydrogens (tertiary/aromatic N) is 1. The first-order valence-corrected chi connectivity index (χ1v) is 8.33. The van der Waals surface area contributed by atoms with Gasteiger partial charge in [0.25, 0.3) is 0 Å². The molecule has 2 rings (SSSR count). The van der Waals surface area contributed by atoms with Gasteiger partial charge in [0.1, 0.15) is 6.61 Å². The van der Waals surface area contributed by atoms with Gasteiger partial charge in [-0.2, -0.15) is 0 Å². The molecule has 138 valence electrons. The zero-order chi connectivity index (χ0) is 18.8. The van der Waals surface area contributed by atoms with Crippen molar-refractivity contribution in [3.63, 3.8) is 0 Å². The molecule has 1 unspecified atom stereocenters. The van der Waals surface area contributed by atoms with E-state index in [4.69, 9.17) is 14.2 Å². The second-order valence-corrected chi connectivity index (χ2v) is 5.57. The average Bonchev–Trinajstić information content (AvgIpc) is 2.67. The molecule has 0 fully saturated rings. The molecule has 0 saturated carbocycles. The number of amides is 1. The van der Waals surface area contributed by atoms with E-state index in [2.05, 4.69) is 10.3 Å². The fourth-order valence-corrected chi connectivity index (χ4v) is 2.29. The van der Waals surface area contributed by atoms with Crippen LogP contribution in [-0.2, 0) is 9.53 Å². The molecule has 1 N–H and O–H groups in total. The maximum absolute atomic E-state index is 12.1. The number of aromatic nitrogens is 1. The number of carbonyl (C=O) groups excluding carboxylic acids is 1. The van der Waals surface area contributed by atoms with Crippen LogP contribution in [0, 0.1) is 0 Å². The third kappa shape index (κ3) is 5.89. The second kappa shape index (κ2) is 10.2. The van der Waals surface area contributed by atoms with Crippen molar-refractivity contribution < 1.29 is 19.0 Å². The van der Waals surface area contributed by atoms with Gasteiger partial charge in [-0.1, -0.05) is 12.1 Å². The average molecular weight is 356 g/mol. The second-order valence-electron chi connectivity index (χ2n) is 5.57. The van der Waals surface area contributed by atoms with Crippen LogP contribution in [0.4, 0.5) is 0 Å². The number of hydrogen-bond donors (Lipinski definition) is 1. The number of rotatable bonds is 9. The lowest BCUT2D eigenvalue weighted by atomic mass is 10.1. The van der Waals surface area contributed by atoms with Crippen LogP contribution in [0.5, 0.6) is 11.5 Å². The molecule has 6 heteroatoms. The van der Waals surface area contributed by atoms with Gasteiger partial charge in [-0.05, 0) is 42.8 Å². The summed E-state index contributed by atoms with van der Waals surface area (Å²) >= 11 is 0. The van der Waals surface area contributed by atoms with Gasteiger partial charge < -0.3 is 19.5 Å². The molecular formula is C20H24N2O4. The molecule has 0 spiro atoms. The van der Waals surface area contributed by atoms with Crippen molar-refractivity contribution in [1.82, 2.24) is 10.3 Å². The lowest BCUT2D eigenvalue weighted by Crippen LogP contribution is -2.24. The summed E-state index contributed by atoms with van der Waals surface area (Å²) in [5, 5.41) is 2.92. The van der Waals surface area contributed by atoms with Crippen molar-refractivity contribution in [3.05, 3.63) is 59.9 Å². The lowest BCUT2D eigenvalue weighted by Gasteiger charge is -2.16. The van der Waals surface area contributed by atoms with E-state index in [0.29, 0.717) is 24.7 Å². The normalized spacial score (nSPS) is 12.0. The molecular weight excluding hydrogens is 332 g/mol. The SMILES string of the molecule is COCCOc1ccc(C(C)NC(=O)/C=C/c2ccccn2)cc1OC. The van der Waals surface area contributed by atoms with Gasteiger partial charge in [0.05, 0.1) is 25.5 Å². The summed E-state index contributed by atoms with van der Waals surface area (Å²) < 4.78 is 16.0. The number of methoxy groups -OCH3 is 2. The highest BCUT2D eigenvalue weighted by Gasteiger charge is 2.12. The molecule has 26 heavy (non-hydrogen) atoms. The van der Waals surface area contributed by atoms with Gasteiger partial charge in [0.15, 0.2) is 11.5 Å². The first-order valence-electron chi connectivity index (χ1n) is 8.33. The molecule has 6 nitrogen and oxygen atoms in total. The molecule has 0 aliphatic rings. The maximum Gasteiger partial charge on any atom is 0.244 e. The van der Waals surface area contributed by atoms with Crippen LogP contribution < -0.4 is 14.8 Å². The summed E-state index contributed by atoms with van der Waals surface area (Å²) in [6, 6.07) is 10.9. The molecule has 2 aromatic rings. The van der Waals surface area contributed by atoms with Crippen LogP contribution in [0.15, 0.2) is 48.7 Å². The number of carbonyl (C=O) groups is 1. The Hall–Kier alpha value is -2.86. The third-order valence-corrected chi connectivity index (χ3v) is 3.68. The smallest absolute Gasteiger partial charge is 0.244 e. The highest BCUT2D eigenvalue weighted by atomic mass is 16.5. The molecule has 0 aliphatic heterocycles. The molecule has 1 aromatic heterocycles. The van der Waals surface area contributed by atoms with Crippen LogP contribution >= 0.6 is 0 Å². The molecule has 0 aliphatic carbocycles. The van der Waals surface area contributed by atoms with E-state index in [9.17, 15) is 4.79 Å². The Morgan fingerprint density at radius 1 is 1.19 bits per heavy atom. The summed E-state index contributed by atoms with van der Waals surface area (Å²) in [6.45, 7) is 2.85. The van der Waals surface area contributed by atoms with Gasteiger partial charge >= 0.3 is 0 Å². The van der Waals surface area contributed by atoms with Crippen molar-refractivity contribution in [2.24, 2.45) is 0 Å². The zero-order valence-corrected chi connectivity index (χ0v) is 15.3. The van der Waals surface area contributed by atoms with E-state index in [1.54, 1.807) is 26.5 Å². The number of nitrogens with one attached hydrogen (secondary N) is 1. The Kier molecular flexibility index (Phi) is 7.64. The number of hydrogen-bond acceptors (Lipinski definition) is 5. The number of pyridine rings is 1. The summed E-state index contributed by atoms with van der Waals surface area (Å²) in [6.07, 6.45) is 4.83. The predicted octanol–water partition coefficient (Wildman–Crippen LogP) is 3.01. The summed E-state index contributed by atoms with van der Waals surface area (Å²) in [5.41, 5.74) is 1.65. The first kappa shape index (κ1) is 19.5. The number of ether oxygens (including phenoxy) is 3. The molecule has 0 saturated heterocycles. The largest absolute Gasteiger partial charge is 0.493 e. The van der Waals surface area contributed by atoms with Gasteiger partial charge in [-0.3, -0.25) is 9.78 Å². The van der Waals surface area contributed by atoms with E-state index in [0.717, 1.165) is 11.3 Å². The highest BCUT2D eigenvalue weighted by molar-refractivity contribution is 5.91. The van der Waals surface area contributed by atoms with Gasteiger partial charge in [0, 0.05) is 19.4 Å². The van der Waals surface area contributed by atoms with Gasteiger partial charge in [0.2, 0.25) is 5.91 Å². The van der Waals surface area contributed by atoms with E-state index < -0.39 is 0 Å².